The summed E-state index contributed by atoms with van der Waals surface area (Å²) in [5, 5.41) is 7.42. The largest absolute Gasteiger partial charge is 0.481 e. The molecule has 2 aliphatic rings. The second-order valence-corrected chi connectivity index (χ2v) is 5.18. The lowest BCUT2D eigenvalue weighted by Crippen LogP contribution is -2.25. The van der Waals surface area contributed by atoms with Crippen LogP contribution in [-0.4, -0.2) is 23.3 Å². The lowest BCUT2D eigenvalue weighted by molar-refractivity contribution is -0.134. The summed E-state index contributed by atoms with van der Waals surface area (Å²) in [5.41, 5.74) is 0. The summed E-state index contributed by atoms with van der Waals surface area (Å²) in [6, 6.07) is 0. The van der Waals surface area contributed by atoms with Crippen LogP contribution in [0.2, 0.25) is 0 Å². The van der Waals surface area contributed by atoms with Crippen molar-refractivity contribution in [1.29, 1.82) is 0 Å². The Morgan fingerprint density at radius 1 is 0.882 bits per heavy atom. The zero-order chi connectivity index (χ0) is 12.5. The molecule has 2 saturated carbocycles. The molecule has 3 heteroatoms. The highest BCUT2D eigenvalue weighted by molar-refractivity contribution is 5.62. The van der Waals surface area contributed by atoms with Crippen LogP contribution in [0.15, 0.2) is 0 Å². The summed E-state index contributed by atoms with van der Waals surface area (Å²) >= 11 is 0. The summed E-state index contributed by atoms with van der Waals surface area (Å²) in [5.74, 6) is -0.833. The minimum atomic E-state index is -0.833. The van der Waals surface area contributed by atoms with Gasteiger partial charge < -0.3 is 9.84 Å². The van der Waals surface area contributed by atoms with E-state index in [0.717, 1.165) is 6.92 Å². The van der Waals surface area contributed by atoms with Gasteiger partial charge in [0.05, 0.1) is 12.2 Å². The van der Waals surface area contributed by atoms with E-state index in [1.54, 1.807) is 0 Å². The summed E-state index contributed by atoms with van der Waals surface area (Å²) in [6.45, 7) is 1.08. The van der Waals surface area contributed by atoms with Gasteiger partial charge in [-0.2, -0.15) is 0 Å². The van der Waals surface area contributed by atoms with Crippen LogP contribution in [0.4, 0.5) is 0 Å². The van der Waals surface area contributed by atoms with Gasteiger partial charge >= 0.3 is 0 Å². The molecule has 0 atom stereocenters. The number of hydrogen-bond acceptors (Lipinski definition) is 2. The molecule has 0 radical (unpaired) electrons. The summed E-state index contributed by atoms with van der Waals surface area (Å²) in [7, 11) is 0. The Morgan fingerprint density at radius 2 is 1.18 bits per heavy atom. The Hall–Kier alpha value is -0.570. The molecule has 100 valence electrons. The van der Waals surface area contributed by atoms with Crippen LogP contribution in [0.5, 0.6) is 0 Å². The molecule has 0 aromatic heterocycles. The zero-order valence-electron chi connectivity index (χ0n) is 11.0. The zero-order valence-corrected chi connectivity index (χ0v) is 11.0. The number of carboxylic acids is 1. The van der Waals surface area contributed by atoms with E-state index in [1.807, 2.05) is 0 Å². The number of carbonyl (C=O) groups is 1. The average Bonchev–Trinajstić information content (AvgIpc) is 2.31. The topological polar surface area (TPSA) is 46.5 Å². The molecule has 1 N–H and O–H groups in total. The fourth-order valence-electron chi connectivity index (χ4n) is 2.67. The SMILES string of the molecule is C1CCC(OC2CCCCC2)CC1.CC(=O)O. The molecule has 0 unspecified atom stereocenters. The molecule has 17 heavy (non-hydrogen) atoms. The Kier molecular flexibility index (Phi) is 7.25. The number of hydrogen-bond donors (Lipinski definition) is 1. The van der Waals surface area contributed by atoms with Gasteiger partial charge in [-0.05, 0) is 25.7 Å². The fraction of sp³-hybridized carbons (Fsp3) is 0.929. The van der Waals surface area contributed by atoms with Crippen molar-refractivity contribution in [3.63, 3.8) is 0 Å². The molecule has 3 nitrogen and oxygen atoms in total. The normalized spacial score (nSPS) is 22.6. The van der Waals surface area contributed by atoms with Crippen LogP contribution in [0.3, 0.4) is 0 Å². The van der Waals surface area contributed by atoms with Gasteiger partial charge in [0.2, 0.25) is 0 Å². The Morgan fingerprint density at radius 3 is 1.47 bits per heavy atom. The fourth-order valence-corrected chi connectivity index (χ4v) is 2.67. The second-order valence-electron chi connectivity index (χ2n) is 5.18. The first kappa shape index (κ1) is 14.5. The molecular formula is C14H26O3. The van der Waals surface area contributed by atoms with Crippen LogP contribution in [0.1, 0.15) is 71.1 Å². The maximum Gasteiger partial charge on any atom is 0.300 e. The lowest BCUT2D eigenvalue weighted by Gasteiger charge is -2.29. The van der Waals surface area contributed by atoms with Crippen molar-refractivity contribution in [2.45, 2.75) is 83.3 Å². The highest BCUT2D eigenvalue weighted by Crippen LogP contribution is 2.26. The van der Waals surface area contributed by atoms with Crippen LogP contribution >= 0.6 is 0 Å². The van der Waals surface area contributed by atoms with Crippen molar-refractivity contribution in [2.75, 3.05) is 0 Å². The maximum atomic E-state index is 9.00. The van der Waals surface area contributed by atoms with Crippen molar-refractivity contribution < 1.29 is 14.6 Å². The van der Waals surface area contributed by atoms with E-state index in [9.17, 15) is 0 Å². The average molecular weight is 242 g/mol. The number of carboxylic acid groups (broad SMARTS) is 1. The molecular weight excluding hydrogens is 216 g/mol. The summed E-state index contributed by atoms with van der Waals surface area (Å²) in [6.07, 6.45) is 15.0. The predicted molar refractivity (Wildman–Crippen MR) is 68.1 cm³/mol. The van der Waals surface area contributed by atoms with Gasteiger partial charge in [0.1, 0.15) is 0 Å². The van der Waals surface area contributed by atoms with E-state index in [2.05, 4.69) is 0 Å². The third kappa shape index (κ3) is 7.37. The molecule has 2 rings (SSSR count). The van der Waals surface area contributed by atoms with E-state index in [1.165, 1.54) is 64.2 Å². The van der Waals surface area contributed by atoms with Gasteiger partial charge in [-0.25, -0.2) is 0 Å². The van der Waals surface area contributed by atoms with E-state index in [4.69, 9.17) is 14.6 Å². The first-order chi connectivity index (χ1) is 8.18. The summed E-state index contributed by atoms with van der Waals surface area (Å²) in [4.78, 5) is 9.00. The van der Waals surface area contributed by atoms with Crippen LogP contribution in [0, 0.1) is 0 Å². The number of aliphatic carboxylic acids is 1. The molecule has 0 amide bonds. The maximum absolute atomic E-state index is 9.00. The highest BCUT2D eigenvalue weighted by Gasteiger charge is 2.20. The second kappa shape index (κ2) is 8.51. The van der Waals surface area contributed by atoms with Crippen molar-refractivity contribution in [3.8, 4) is 0 Å². The molecule has 2 aliphatic carbocycles. The Bertz CT molecular complexity index is 184. The van der Waals surface area contributed by atoms with E-state index < -0.39 is 5.97 Å². The third-order valence-corrected chi connectivity index (χ3v) is 3.49. The predicted octanol–water partition coefficient (Wildman–Crippen LogP) is 3.76. The third-order valence-electron chi connectivity index (χ3n) is 3.49. The van der Waals surface area contributed by atoms with Gasteiger partial charge in [0.15, 0.2) is 0 Å². The molecule has 0 spiro atoms. The smallest absolute Gasteiger partial charge is 0.300 e. The lowest BCUT2D eigenvalue weighted by atomic mass is 9.95. The molecule has 0 bridgehead atoms. The molecule has 0 saturated heterocycles. The monoisotopic (exact) mass is 242 g/mol. The first-order valence-corrected chi connectivity index (χ1v) is 7.03. The minimum Gasteiger partial charge on any atom is -0.481 e. The molecule has 0 aromatic rings. The van der Waals surface area contributed by atoms with Gasteiger partial charge in [-0.3, -0.25) is 4.79 Å². The van der Waals surface area contributed by atoms with E-state index in [-0.39, 0.29) is 0 Å². The van der Waals surface area contributed by atoms with Crippen molar-refractivity contribution in [2.24, 2.45) is 0 Å². The van der Waals surface area contributed by atoms with Crippen molar-refractivity contribution in [3.05, 3.63) is 0 Å². The molecule has 0 aliphatic heterocycles. The van der Waals surface area contributed by atoms with Gasteiger partial charge in [-0.15, -0.1) is 0 Å². The van der Waals surface area contributed by atoms with Crippen LogP contribution in [0.25, 0.3) is 0 Å². The van der Waals surface area contributed by atoms with E-state index in [0.29, 0.717) is 12.2 Å². The molecule has 0 heterocycles. The summed E-state index contributed by atoms with van der Waals surface area (Å²) < 4.78 is 6.13. The van der Waals surface area contributed by atoms with Crippen molar-refractivity contribution >= 4 is 5.97 Å². The van der Waals surface area contributed by atoms with Crippen LogP contribution in [-0.2, 0) is 9.53 Å². The quantitative estimate of drug-likeness (QED) is 0.802. The molecule has 2 fully saturated rings. The molecule has 0 aromatic carbocycles. The number of ether oxygens (including phenoxy) is 1. The van der Waals surface area contributed by atoms with Gasteiger partial charge in [0, 0.05) is 6.92 Å². The van der Waals surface area contributed by atoms with Crippen molar-refractivity contribution in [1.82, 2.24) is 0 Å². The first-order valence-electron chi connectivity index (χ1n) is 7.03. The number of rotatable bonds is 2. The minimum absolute atomic E-state index is 0.622. The highest BCUT2D eigenvalue weighted by atomic mass is 16.5. The van der Waals surface area contributed by atoms with E-state index >= 15 is 0 Å². The van der Waals surface area contributed by atoms with Crippen LogP contribution < -0.4 is 0 Å². The van der Waals surface area contributed by atoms with Gasteiger partial charge in [-0.1, -0.05) is 38.5 Å². The Balaban J connectivity index is 0.000000317. The Labute approximate surface area is 105 Å². The standard InChI is InChI=1S/C12H22O.C2H4O2/c1-3-7-11(8-4-1)13-12-9-5-2-6-10-12;1-2(3)4/h11-12H,1-10H2;1H3,(H,3,4). The van der Waals surface area contributed by atoms with Gasteiger partial charge in [0.25, 0.3) is 5.97 Å².